The average Bonchev–Trinajstić information content (AvgIpc) is 2.58. The van der Waals surface area contributed by atoms with Crippen molar-refractivity contribution in [2.45, 2.75) is 39.7 Å². The normalized spacial score (nSPS) is 23.9. The van der Waals surface area contributed by atoms with Gasteiger partial charge in [-0.3, -0.25) is 0 Å². The molecule has 1 aliphatic heterocycles. The average molecular weight is 225 g/mol. The lowest BCUT2D eigenvalue weighted by molar-refractivity contribution is -0.166. The molecular weight excluding hydrogens is 206 g/mol. The van der Waals surface area contributed by atoms with Gasteiger partial charge in [0, 0.05) is 6.42 Å². The van der Waals surface area contributed by atoms with Crippen molar-refractivity contribution in [2.24, 2.45) is 11.1 Å². The van der Waals surface area contributed by atoms with E-state index in [1.165, 1.54) is 0 Å². The topological polar surface area (TPSA) is 47.9 Å². The van der Waals surface area contributed by atoms with Crippen LogP contribution < -0.4 is 0 Å². The Morgan fingerprint density at radius 3 is 2.75 bits per heavy atom. The zero-order valence-corrected chi connectivity index (χ0v) is 10.4. The van der Waals surface area contributed by atoms with Gasteiger partial charge in [-0.2, -0.15) is 0 Å². The molecule has 0 bridgehead atoms. The first kappa shape index (κ1) is 12.7. The lowest BCUT2D eigenvalue weighted by Gasteiger charge is -2.19. The van der Waals surface area contributed by atoms with Crippen molar-refractivity contribution in [1.82, 2.24) is 0 Å². The maximum Gasteiger partial charge on any atom is 0.353 e. The molecule has 0 saturated carbocycles. The van der Waals surface area contributed by atoms with E-state index in [0.29, 0.717) is 6.42 Å². The van der Waals surface area contributed by atoms with Crippen LogP contribution in [0.15, 0.2) is 17.3 Å². The van der Waals surface area contributed by atoms with E-state index in [-0.39, 0.29) is 18.5 Å². The summed E-state index contributed by atoms with van der Waals surface area (Å²) in [6, 6.07) is 0. The first-order valence-electron chi connectivity index (χ1n) is 5.41. The molecule has 0 aromatic rings. The van der Waals surface area contributed by atoms with Crippen LogP contribution in [0.1, 0.15) is 34.1 Å². The van der Waals surface area contributed by atoms with Crippen molar-refractivity contribution >= 4 is 11.7 Å². The van der Waals surface area contributed by atoms with Crippen LogP contribution in [0.2, 0.25) is 0 Å². The van der Waals surface area contributed by atoms with Crippen molar-refractivity contribution in [1.29, 1.82) is 0 Å². The fraction of sp³-hybridized carbons (Fsp3) is 0.667. The molecule has 1 rings (SSSR count). The van der Waals surface area contributed by atoms with Crippen molar-refractivity contribution in [3.8, 4) is 0 Å². The van der Waals surface area contributed by atoms with Crippen LogP contribution in [0.3, 0.4) is 0 Å². The summed E-state index contributed by atoms with van der Waals surface area (Å²) in [5.41, 5.74) is 0.740. The number of nitrogens with zero attached hydrogens (tertiary/aromatic N) is 1. The third-order valence-electron chi connectivity index (χ3n) is 2.43. The number of carbonyl (C=O) groups excluding carboxylic acids is 1. The van der Waals surface area contributed by atoms with E-state index in [1.807, 2.05) is 13.8 Å². The number of esters is 1. The van der Waals surface area contributed by atoms with Crippen LogP contribution in [-0.4, -0.2) is 23.9 Å². The maximum atomic E-state index is 11.8. The molecule has 1 atom stereocenters. The lowest BCUT2D eigenvalue weighted by atomic mass is 9.94. The quantitative estimate of drug-likeness (QED) is 0.545. The second-order valence-corrected chi connectivity index (χ2v) is 4.77. The number of oxime groups is 1. The van der Waals surface area contributed by atoms with Crippen molar-refractivity contribution in [3.63, 3.8) is 0 Å². The Hall–Kier alpha value is -1.32. The Balaban J connectivity index is 2.55. The minimum Gasteiger partial charge on any atom is -0.458 e. The monoisotopic (exact) mass is 225 g/mol. The highest BCUT2D eigenvalue weighted by Crippen LogP contribution is 2.27. The Kier molecular flexibility index (Phi) is 3.73. The summed E-state index contributed by atoms with van der Waals surface area (Å²) in [5, 5.41) is 3.93. The van der Waals surface area contributed by atoms with E-state index < -0.39 is 5.60 Å². The molecule has 0 spiro atoms. The molecule has 0 saturated heterocycles. The molecule has 0 N–H and O–H groups in total. The highest BCUT2D eigenvalue weighted by Gasteiger charge is 2.43. The van der Waals surface area contributed by atoms with Crippen molar-refractivity contribution in [3.05, 3.63) is 12.2 Å². The number of ether oxygens (including phenoxy) is 1. The van der Waals surface area contributed by atoms with Gasteiger partial charge in [-0.1, -0.05) is 25.6 Å². The van der Waals surface area contributed by atoms with Crippen molar-refractivity contribution in [2.75, 3.05) is 6.61 Å². The number of hydrogen-bond donors (Lipinski definition) is 0. The summed E-state index contributed by atoms with van der Waals surface area (Å²) in [6.45, 7) is 11.5. The molecule has 1 unspecified atom stereocenters. The smallest absolute Gasteiger partial charge is 0.353 e. The molecule has 1 heterocycles. The molecule has 4 nitrogen and oxygen atoms in total. The predicted octanol–water partition coefficient (Wildman–Crippen LogP) is 2.30. The Morgan fingerprint density at radius 2 is 2.31 bits per heavy atom. The summed E-state index contributed by atoms with van der Waals surface area (Å²) >= 11 is 0. The third-order valence-corrected chi connectivity index (χ3v) is 2.43. The molecule has 1 aliphatic rings. The first-order valence-corrected chi connectivity index (χ1v) is 5.41. The van der Waals surface area contributed by atoms with Gasteiger partial charge < -0.3 is 9.57 Å². The zero-order chi connectivity index (χ0) is 12.3. The summed E-state index contributed by atoms with van der Waals surface area (Å²) in [4.78, 5) is 17.0. The van der Waals surface area contributed by atoms with E-state index >= 15 is 0 Å². The van der Waals surface area contributed by atoms with Crippen LogP contribution in [0, 0.1) is 5.92 Å². The lowest BCUT2D eigenvalue weighted by Crippen LogP contribution is -2.37. The molecule has 0 aromatic carbocycles. The predicted molar refractivity (Wildman–Crippen MR) is 62.2 cm³/mol. The summed E-state index contributed by atoms with van der Waals surface area (Å²) in [6.07, 6.45) is 0.500. The van der Waals surface area contributed by atoms with Crippen LogP contribution in [0.25, 0.3) is 0 Å². The highest BCUT2D eigenvalue weighted by molar-refractivity contribution is 5.94. The van der Waals surface area contributed by atoms with Crippen molar-refractivity contribution < 1.29 is 14.4 Å². The molecule has 0 radical (unpaired) electrons. The number of hydrogen-bond acceptors (Lipinski definition) is 4. The molecule has 16 heavy (non-hydrogen) atoms. The van der Waals surface area contributed by atoms with E-state index in [0.717, 1.165) is 11.3 Å². The van der Waals surface area contributed by atoms with E-state index in [2.05, 4.69) is 11.7 Å². The van der Waals surface area contributed by atoms with Crippen LogP contribution in [0.5, 0.6) is 0 Å². The maximum absolute atomic E-state index is 11.8. The van der Waals surface area contributed by atoms with Gasteiger partial charge in [0.25, 0.3) is 0 Å². The standard InChI is InChI=1S/C12H19NO3/c1-8(2)7-15-11(14)12(5)6-10(9(3)4)13-16-12/h9H,1,6-7H2,2-5H3. The summed E-state index contributed by atoms with van der Waals surface area (Å²) in [7, 11) is 0. The van der Waals surface area contributed by atoms with Gasteiger partial charge in [0.15, 0.2) is 0 Å². The van der Waals surface area contributed by atoms with E-state index in [1.54, 1.807) is 13.8 Å². The molecule has 90 valence electrons. The molecular formula is C12H19NO3. The second kappa shape index (κ2) is 4.68. The zero-order valence-electron chi connectivity index (χ0n) is 10.4. The Morgan fingerprint density at radius 1 is 1.69 bits per heavy atom. The fourth-order valence-corrected chi connectivity index (χ4v) is 1.33. The number of carbonyl (C=O) groups is 1. The molecule has 0 aromatic heterocycles. The van der Waals surface area contributed by atoms with E-state index in [9.17, 15) is 4.79 Å². The van der Waals surface area contributed by atoms with Crippen LogP contribution in [-0.2, 0) is 14.4 Å². The van der Waals surface area contributed by atoms with Gasteiger partial charge in [0.2, 0.25) is 5.60 Å². The largest absolute Gasteiger partial charge is 0.458 e. The minimum absolute atomic E-state index is 0.231. The fourth-order valence-electron chi connectivity index (χ4n) is 1.33. The van der Waals surface area contributed by atoms with Gasteiger partial charge in [0.05, 0.1) is 5.71 Å². The van der Waals surface area contributed by atoms with Gasteiger partial charge in [0.1, 0.15) is 6.61 Å². The van der Waals surface area contributed by atoms with Gasteiger partial charge in [-0.15, -0.1) is 0 Å². The SMILES string of the molecule is C=C(C)COC(=O)C1(C)CC(C(C)C)=NO1. The molecule has 0 fully saturated rings. The van der Waals surface area contributed by atoms with Crippen LogP contribution in [0.4, 0.5) is 0 Å². The van der Waals surface area contributed by atoms with Gasteiger partial charge in [-0.05, 0) is 25.3 Å². The van der Waals surface area contributed by atoms with Gasteiger partial charge >= 0.3 is 5.97 Å². The molecule has 0 aliphatic carbocycles. The molecule has 4 heteroatoms. The summed E-state index contributed by atoms with van der Waals surface area (Å²) < 4.78 is 5.08. The first-order chi connectivity index (χ1) is 7.35. The molecule has 0 amide bonds. The number of rotatable bonds is 4. The Bertz CT molecular complexity index is 333. The Labute approximate surface area is 96.3 Å². The summed E-state index contributed by atoms with van der Waals surface area (Å²) in [5.74, 6) is -0.0920. The highest BCUT2D eigenvalue weighted by atomic mass is 16.7. The third kappa shape index (κ3) is 2.84. The van der Waals surface area contributed by atoms with Gasteiger partial charge in [-0.25, -0.2) is 4.79 Å². The second-order valence-electron chi connectivity index (χ2n) is 4.77. The van der Waals surface area contributed by atoms with Crippen LogP contribution >= 0.6 is 0 Å². The van der Waals surface area contributed by atoms with E-state index in [4.69, 9.17) is 9.57 Å². The minimum atomic E-state index is -0.963.